The lowest BCUT2D eigenvalue weighted by atomic mass is 10.00. The molecule has 1 aliphatic rings. The van der Waals surface area contributed by atoms with Crippen LogP contribution in [0.25, 0.3) is 25.9 Å². The zero-order valence-corrected chi connectivity index (χ0v) is 22.0. The minimum absolute atomic E-state index is 0.0409. The topological polar surface area (TPSA) is 142 Å². The highest BCUT2D eigenvalue weighted by Gasteiger charge is 2.23. The largest absolute Gasteiger partial charge is 0.492 e. The van der Waals surface area contributed by atoms with Crippen LogP contribution in [0.4, 0.5) is 0 Å². The number of pyridine rings is 2. The van der Waals surface area contributed by atoms with Crippen molar-refractivity contribution in [2.75, 3.05) is 13.2 Å². The highest BCUT2D eigenvalue weighted by atomic mass is 32.1. The highest BCUT2D eigenvalue weighted by Crippen LogP contribution is 2.45. The van der Waals surface area contributed by atoms with E-state index in [4.69, 9.17) is 9.84 Å². The van der Waals surface area contributed by atoms with Gasteiger partial charge in [0.15, 0.2) is 0 Å². The van der Waals surface area contributed by atoms with Crippen molar-refractivity contribution in [3.8, 4) is 25.9 Å². The second-order valence-electron chi connectivity index (χ2n) is 8.52. The summed E-state index contributed by atoms with van der Waals surface area (Å²) in [6, 6.07) is 11.8. The lowest BCUT2D eigenvalue weighted by Crippen LogP contribution is -2.25. The van der Waals surface area contributed by atoms with Gasteiger partial charge in [-0.2, -0.15) is 0 Å². The summed E-state index contributed by atoms with van der Waals surface area (Å²) in [6.07, 6.45) is 6.56. The molecule has 11 heteroatoms. The monoisotopic (exact) mass is 561 g/mol. The van der Waals surface area contributed by atoms with Gasteiger partial charge in [-0.15, -0.1) is 22.7 Å². The summed E-state index contributed by atoms with van der Waals surface area (Å²) in [5.74, 6) is -1.48. The molecule has 198 valence electrons. The van der Waals surface area contributed by atoms with Gasteiger partial charge in [-0.3, -0.25) is 9.97 Å². The van der Waals surface area contributed by atoms with Crippen molar-refractivity contribution in [1.82, 2.24) is 15.3 Å². The Morgan fingerprint density at radius 3 is 2.62 bits per heavy atom. The minimum Gasteiger partial charge on any atom is -0.492 e. The summed E-state index contributed by atoms with van der Waals surface area (Å²) in [7, 11) is 0. The van der Waals surface area contributed by atoms with E-state index in [0.29, 0.717) is 30.1 Å². The molecular formula is C28H23N3O6S2. The van der Waals surface area contributed by atoms with E-state index < -0.39 is 18.0 Å². The summed E-state index contributed by atoms with van der Waals surface area (Å²) in [4.78, 5) is 35.1. The smallest absolute Gasteiger partial charge is 0.335 e. The van der Waals surface area contributed by atoms with Crippen LogP contribution in [0.1, 0.15) is 34.2 Å². The van der Waals surface area contributed by atoms with Gasteiger partial charge in [0.25, 0.3) is 0 Å². The molecule has 4 aromatic rings. The predicted octanol–water partition coefficient (Wildman–Crippen LogP) is 5.09. The standard InChI is InChI=1S/C28H23N3O6S2/c32-8-2-9-37-23-15-25(39-26(23)24-3-1-10-38-24)16-4-6-29-19(11-16)21-13-18(28(35)36)14-22(31-21)20-12-17(27(33)34)5-7-30-20/h1,3-7,10-15,22,31-32H,2,8-9H2,(H,33,34)(H,35,36). The lowest BCUT2D eigenvalue weighted by Gasteiger charge is -2.23. The molecular weight excluding hydrogens is 538 g/mol. The van der Waals surface area contributed by atoms with Gasteiger partial charge in [-0.05, 0) is 59.5 Å². The predicted molar refractivity (Wildman–Crippen MR) is 149 cm³/mol. The Labute approximate surface area is 231 Å². The first-order valence-electron chi connectivity index (χ1n) is 11.9. The third-order valence-electron chi connectivity index (χ3n) is 5.87. The van der Waals surface area contributed by atoms with Gasteiger partial charge in [-0.25, -0.2) is 9.59 Å². The van der Waals surface area contributed by atoms with Crippen molar-refractivity contribution in [2.24, 2.45) is 0 Å². The number of ether oxygens (including phenoxy) is 1. The van der Waals surface area contributed by atoms with E-state index in [-0.39, 0.29) is 17.7 Å². The Balaban J connectivity index is 1.49. The van der Waals surface area contributed by atoms with E-state index in [9.17, 15) is 19.8 Å². The second-order valence-corrected chi connectivity index (χ2v) is 10.5. The molecule has 5 rings (SSSR count). The van der Waals surface area contributed by atoms with E-state index >= 15 is 0 Å². The molecule has 0 bridgehead atoms. The van der Waals surface area contributed by atoms with Crippen molar-refractivity contribution < 1.29 is 29.6 Å². The lowest BCUT2D eigenvalue weighted by molar-refractivity contribution is -0.132. The van der Waals surface area contributed by atoms with Gasteiger partial charge >= 0.3 is 11.9 Å². The average Bonchev–Trinajstić information content (AvgIpc) is 3.63. The van der Waals surface area contributed by atoms with Crippen molar-refractivity contribution in [3.05, 3.63) is 94.9 Å². The number of thiophene rings is 2. The Bertz CT molecular complexity index is 1580. The molecule has 0 amide bonds. The molecule has 1 unspecified atom stereocenters. The van der Waals surface area contributed by atoms with Crippen LogP contribution in [0.15, 0.2) is 78.0 Å². The number of carboxylic acids is 2. The molecule has 0 radical (unpaired) electrons. The molecule has 1 atom stereocenters. The van der Waals surface area contributed by atoms with E-state index in [0.717, 1.165) is 25.9 Å². The number of carboxylic acid groups (broad SMARTS) is 2. The molecule has 1 aliphatic heterocycles. The fraction of sp³-hybridized carbons (Fsp3) is 0.143. The number of aliphatic hydroxyl groups is 1. The van der Waals surface area contributed by atoms with Crippen molar-refractivity contribution in [2.45, 2.75) is 12.5 Å². The Morgan fingerprint density at radius 1 is 1.03 bits per heavy atom. The number of nitrogens with one attached hydrogen (secondary N) is 1. The first-order chi connectivity index (χ1) is 18.9. The quantitative estimate of drug-likeness (QED) is 0.195. The highest BCUT2D eigenvalue weighted by molar-refractivity contribution is 7.23. The molecule has 4 aromatic heterocycles. The molecule has 0 fully saturated rings. The summed E-state index contributed by atoms with van der Waals surface area (Å²) in [5.41, 5.74) is 2.33. The molecule has 0 aliphatic carbocycles. The molecule has 0 aromatic carbocycles. The molecule has 0 saturated heterocycles. The number of hydrogen-bond donors (Lipinski definition) is 4. The Hall–Kier alpha value is -4.32. The van der Waals surface area contributed by atoms with Crippen molar-refractivity contribution >= 4 is 40.3 Å². The number of hydrogen-bond acceptors (Lipinski definition) is 9. The zero-order chi connectivity index (χ0) is 27.4. The maximum Gasteiger partial charge on any atom is 0.335 e. The van der Waals surface area contributed by atoms with Crippen LogP contribution in [0.2, 0.25) is 0 Å². The summed E-state index contributed by atoms with van der Waals surface area (Å²) in [6.45, 7) is 0.442. The van der Waals surface area contributed by atoms with E-state index in [1.54, 1.807) is 28.9 Å². The van der Waals surface area contributed by atoms with Crippen LogP contribution in [-0.2, 0) is 4.79 Å². The number of rotatable bonds is 10. The second kappa shape index (κ2) is 11.6. The van der Waals surface area contributed by atoms with Gasteiger partial charge < -0.3 is 25.4 Å². The Kier molecular flexibility index (Phi) is 7.82. The van der Waals surface area contributed by atoms with Gasteiger partial charge in [0.05, 0.1) is 45.7 Å². The van der Waals surface area contributed by atoms with Crippen LogP contribution in [0.5, 0.6) is 5.75 Å². The van der Waals surface area contributed by atoms with Gasteiger partial charge in [0, 0.05) is 35.2 Å². The van der Waals surface area contributed by atoms with Gasteiger partial charge in [0.2, 0.25) is 0 Å². The van der Waals surface area contributed by atoms with Crippen LogP contribution >= 0.6 is 22.7 Å². The van der Waals surface area contributed by atoms with Gasteiger partial charge in [0.1, 0.15) is 5.75 Å². The fourth-order valence-corrected chi connectivity index (χ4v) is 5.96. The summed E-state index contributed by atoms with van der Waals surface area (Å²) in [5, 5.41) is 33.5. The first-order valence-corrected chi connectivity index (χ1v) is 13.6. The number of nitrogens with zero attached hydrogens (tertiary/aromatic N) is 2. The normalized spacial score (nSPS) is 14.7. The molecule has 5 heterocycles. The third-order valence-corrected chi connectivity index (χ3v) is 8.09. The number of aromatic carboxylic acids is 1. The number of carbonyl (C=O) groups is 2. The fourth-order valence-electron chi connectivity index (χ4n) is 4.01. The number of aliphatic carboxylic acids is 1. The van der Waals surface area contributed by atoms with Crippen LogP contribution in [-0.4, -0.2) is 50.4 Å². The SMILES string of the molecule is O=C(O)C1=CC(c2cc(C(=O)O)ccn2)NC(c2cc(-c3cc(OCCCO)c(-c4cccs4)s3)ccn2)=C1. The van der Waals surface area contributed by atoms with Crippen LogP contribution in [0.3, 0.4) is 0 Å². The Morgan fingerprint density at radius 2 is 1.87 bits per heavy atom. The molecule has 0 spiro atoms. The average molecular weight is 562 g/mol. The first kappa shape index (κ1) is 26.3. The maximum absolute atomic E-state index is 11.9. The van der Waals surface area contributed by atoms with E-state index in [2.05, 4.69) is 15.3 Å². The zero-order valence-electron chi connectivity index (χ0n) is 20.4. The number of dihydropyridines is 1. The minimum atomic E-state index is -1.12. The third kappa shape index (κ3) is 5.90. The summed E-state index contributed by atoms with van der Waals surface area (Å²) >= 11 is 3.19. The van der Waals surface area contributed by atoms with Gasteiger partial charge in [-0.1, -0.05) is 6.07 Å². The molecule has 4 N–H and O–H groups in total. The maximum atomic E-state index is 11.9. The molecule has 0 saturated carbocycles. The molecule has 39 heavy (non-hydrogen) atoms. The van der Waals surface area contributed by atoms with E-state index in [1.807, 2.05) is 35.7 Å². The van der Waals surface area contributed by atoms with Crippen molar-refractivity contribution in [1.29, 1.82) is 0 Å². The molecule has 9 nitrogen and oxygen atoms in total. The number of aromatic nitrogens is 2. The number of aliphatic hydroxyl groups excluding tert-OH is 1. The summed E-state index contributed by atoms with van der Waals surface area (Å²) < 4.78 is 5.98. The van der Waals surface area contributed by atoms with Crippen LogP contribution < -0.4 is 10.1 Å². The van der Waals surface area contributed by atoms with Crippen molar-refractivity contribution in [3.63, 3.8) is 0 Å². The van der Waals surface area contributed by atoms with Crippen LogP contribution in [0, 0.1) is 0 Å². The van der Waals surface area contributed by atoms with E-state index in [1.165, 1.54) is 30.5 Å².